The predicted molar refractivity (Wildman–Crippen MR) is 80.6 cm³/mol. The molecule has 1 fully saturated rings. The van der Waals surface area contributed by atoms with Gasteiger partial charge in [-0.1, -0.05) is 0 Å². The number of carbonyl (C=O) groups excluding carboxylic acids is 1. The van der Waals surface area contributed by atoms with Gasteiger partial charge < -0.3 is 20.1 Å². The number of benzene rings is 1. The van der Waals surface area contributed by atoms with Crippen LogP contribution in [0.25, 0.3) is 10.1 Å². The summed E-state index contributed by atoms with van der Waals surface area (Å²) in [5.74, 6) is -0.308. The molecule has 1 aliphatic rings. The van der Waals surface area contributed by atoms with E-state index in [0.29, 0.717) is 18.1 Å². The lowest BCUT2D eigenvalue weighted by atomic mass is 10.1. The summed E-state index contributed by atoms with van der Waals surface area (Å²) in [4.78, 5) is 14.5. The number of carbonyl (C=O) groups is 1. The minimum atomic E-state index is -0.308. The van der Waals surface area contributed by atoms with Crippen LogP contribution in [0.15, 0.2) is 18.2 Å². The number of thiophene rings is 1. The van der Waals surface area contributed by atoms with Gasteiger partial charge >= 0.3 is 5.97 Å². The summed E-state index contributed by atoms with van der Waals surface area (Å²) in [7, 11) is 1.39. The predicted octanol–water partition coefficient (Wildman–Crippen LogP) is 2.11. The second-order valence-electron chi connectivity index (χ2n) is 4.62. The third-order valence-corrected chi connectivity index (χ3v) is 4.50. The second kappa shape index (κ2) is 5.30. The zero-order chi connectivity index (χ0) is 14.1. The van der Waals surface area contributed by atoms with E-state index in [2.05, 4.69) is 4.90 Å². The fourth-order valence-electron chi connectivity index (χ4n) is 2.45. The van der Waals surface area contributed by atoms with Gasteiger partial charge in [-0.2, -0.15) is 0 Å². The van der Waals surface area contributed by atoms with E-state index in [9.17, 15) is 4.79 Å². The van der Waals surface area contributed by atoms with Crippen LogP contribution < -0.4 is 10.6 Å². The average Bonchev–Trinajstić information content (AvgIpc) is 2.91. The smallest absolute Gasteiger partial charge is 0.348 e. The first-order valence-corrected chi connectivity index (χ1v) is 7.25. The van der Waals surface area contributed by atoms with Crippen LogP contribution in [0.1, 0.15) is 9.67 Å². The molecule has 1 aromatic heterocycles. The molecule has 0 bridgehead atoms. The Morgan fingerprint density at radius 3 is 2.85 bits per heavy atom. The highest BCUT2D eigenvalue weighted by molar-refractivity contribution is 7.20. The first kappa shape index (κ1) is 13.2. The maximum Gasteiger partial charge on any atom is 0.348 e. The average molecular weight is 292 g/mol. The van der Waals surface area contributed by atoms with Gasteiger partial charge in [-0.3, -0.25) is 0 Å². The molecule has 0 radical (unpaired) electrons. The standard InChI is InChI=1S/C14H16N2O3S/c1-18-14(17)12-8-9-11(20-12)3-2-10(15)13(9)16-4-6-19-7-5-16/h2-3,8H,4-7,15H2,1H3. The molecule has 2 aromatic rings. The lowest BCUT2D eigenvalue weighted by Crippen LogP contribution is -2.36. The number of esters is 1. The van der Waals surface area contributed by atoms with Gasteiger partial charge in [0.2, 0.25) is 0 Å². The minimum absolute atomic E-state index is 0.308. The first-order valence-electron chi connectivity index (χ1n) is 6.43. The Bertz CT molecular complexity index is 647. The molecular weight excluding hydrogens is 276 g/mol. The zero-order valence-electron chi connectivity index (χ0n) is 11.2. The molecule has 0 amide bonds. The van der Waals surface area contributed by atoms with Gasteiger partial charge in [-0.05, 0) is 18.2 Å². The third-order valence-electron chi connectivity index (χ3n) is 3.42. The molecule has 5 nitrogen and oxygen atoms in total. The Morgan fingerprint density at radius 1 is 1.40 bits per heavy atom. The number of nitrogens with two attached hydrogens (primary N) is 1. The van der Waals surface area contributed by atoms with E-state index in [1.54, 1.807) is 0 Å². The Kier molecular flexibility index (Phi) is 3.50. The lowest BCUT2D eigenvalue weighted by molar-refractivity contribution is 0.0606. The second-order valence-corrected chi connectivity index (χ2v) is 5.70. The molecule has 0 spiro atoms. The fraction of sp³-hybridized carbons (Fsp3) is 0.357. The van der Waals surface area contributed by atoms with Gasteiger partial charge in [0.05, 0.1) is 31.7 Å². The Hall–Kier alpha value is -1.79. The highest BCUT2D eigenvalue weighted by Gasteiger charge is 2.19. The summed E-state index contributed by atoms with van der Waals surface area (Å²) in [5, 5.41) is 1.01. The largest absolute Gasteiger partial charge is 0.465 e. The van der Waals surface area contributed by atoms with Crippen LogP contribution in [0.3, 0.4) is 0 Å². The van der Waals surface area contributed by atoms with Gasteiger partial charge in [-0.15, -0.1) is 11.3 Å². The monoisotopic (exact) mass is 292 g/mol. The summed E-state index contributed by atoms with van der Waals surface area (Å²) in [6.07, 6.45) is 0. The molecule has 0 atom stereocenters. The van der Waals surface area contributed by atoms with Crippen LogP contribution in [-0.4, -0.2) is 39.4 Å². The highest BCUT2D eigenvalue weighted by Crippen LogP contribution is 2.38. The van der Waals surface area contributed by atoms with Gasteiger partial charge in [0.1, 0.15) is 4.88 Å². The van der Waals surface area contributed by atoms with Gasteiger partial charge in [0.25, 0.3) is 0 Å². The van der Waals surface area contributed by atoms with Crippen LogP contribution in [0, 0.1) is 0 Å². The number of methoxy groups -OCH3 is 1. The van der Waals surface area contributed by atoms with Crippen LogP contribution >= 0.6 is 11.3 Å². The molecule has 1 saturated heterocycles. The van der Waals surface area contributed by atoms with Crippen molar-refractivity contribution in [1.82, 2.24) is 0 Å². The number of nitrogens with zero attached hydrogens (tertiary/aromatic N) is 1. The quantitative estimate of drug-likeness (QED) is 0.678. The van der Waals surface area contributed by atoms with Crippen molar-refractivity contribution in [2.24, 2.45) is 0 Å². The van der Waals surface area contributed by atoms with E-state index in [-0.39, 0.29) is 5.97 Å². The van der Waals surface area contributed by atoms with Crippen LogP contribution in [0.5, 0.6) is 0 Å². The summed E-state index contributed by atoms with van der Waals surface area (Å²) in [5.41, 5.74) is 7.87. The Labute approximate surface area is 120 Å². The van der Waals surface area contributed by atoms with Gasteiger partial charge in [-0.25, -0.2) is 4.79 Å². The van der Waals surface area contributed by atoms with Gasteiger partial charge in [0.15, 0.2) is 0 Å². The van der Waals surface area contributed by atoms with E-state index in [1.165, 1.54) is 18.4 Å². The molecule has 0 unspecified atom stereocenters. The third kappa shape index (κ3) is 2.21. The van der Waals surface area contributed by atoms with E-state index >= 15 is 0 Å². The van der Waals surface area contributed by atoms with Crippen molar-refractivity contribution >= 4 is 38.8 Å². The topological polar surface area (TPSA) is 64.8 Å². The molecule has 0 saturated carbocycles. The number of hydrogen-bond donors (Lipinski definition) is 1. The first-order chi connectivity index (χ1) is 9.70. The number of hydrogen-bond acceptors (Lipinski definition) is 6. The number of fused-ring (bicyclic) bond motifs is 1. The molecule has 2 N–H and O–H groups in total. The van der Waals surface area contributed by atoms with Crippen LogP contribution in [-0.2, 0) is 9.47 Å². The maximum absolute atomic E-state index is 11.7. The number of anilines is 2. The maximum atomic E-state index is 11.7. The molecule has 1 aliphatic heterocycles. The van der Waals surface area contributed by atoms with Gasteiger partial charge in [0, 0.05) is 23.2 Å². The SMILES string of the molecule is COC(=O)c1cc2c(N3CCOCC3)c(N)ccc2s1. The number of nitrogen functional groups attached to an aromatic ring is 1. The number of morpholine rings is 1. The van der Waals surface area contributed by atoms with Crippen molar-refractivity contribution in [3.05, 3.63) is 23.1 Å². The molecule has 3 rings (SSSR count). The Balaban J connectivity index is 2.11. The van der Waals surface area contributed by atoms with E-state index in [0.717, 1.165) is 34.6 Å². The van der Waals surface area contributed by atoms with Crippen molar-refractivity contribution in [2.45, 2.75) is 0 Å². The summed E-state index contributed by atoms with van der Waals surface area (Å²) < 4.78 is 11.2. The zero-order valence-corrected chi connectivity index (χ0v) is 12.0. The molecule has 2 heterocycles. The van der Waals surface area contributed by atoms with Crippen molar-refractivity contribution in [2.75, 3.05) is 44.0 Å². The summed E-state index contributed by atoms with van der Waals surface area (Å²) >= 11 is 1.43. The van der Waals surface area contributed by atoms with Crippen molar-refractivity contribution in [3.63, 3.8) is 0 Å². The van der Waals surface area contributed by atoms with E-state index in [4.69, 9.17) is 15.2 Å². The minimum Gasteiger partial charge on any atom is -0.465 e. The number of ether oxygens (including phenoxy) is 2. The fourth-order valence-corrected chi connectivity index (χ4v) is 3.44. The molecule has 106 valence electrons. The molecule has 20 heavy (non-hydrogen) atoms. The molecule has 0 aliphatic carbocycles. The van der Waals surface area contributed by atoms with Crippen LogP contribution in [0.4, 0.5) is 11.4 Å². The molecule has 6 heteroatoms. The lowest BCUT2D eigenvalue weighted by Gasteiger charge is -2.30. The van der Waals surface area contributed by atoms with E-state index in [1.807, 2.05) is 18.2 Å². The highest BCUT2D eigenvalue weighted by atomic mass is 32.1. The van der Waals surface area contributed by atoms with Crippen molar-refractivity contribution < 1.29 is 14.3 Å². The molecule has 1 aromatic carbocycles. The summed E-state index contributed by atoms with van der Waals surface area (Å²) in [6, 6.07) is 5.71. The van der Waals surface area contributed by atoms with Crippen LogP contribution in [0.2, 0.25) is 0 Å². The van der Waals surface area contributed by atoms with Crippen molar-refractivity contribution in [3.8, 4) is 0 Å². The summed E-state index contributed by atoms with van der Waals surface area (Å²) in [6.45, 7) is 3.02. The Morgan fingerprint density at radius 2 is 2.15 bits per heavy atom. The van der Waals surface area contributed by atoms with Crippen molar-refractivity contribution in [1.29, 1.82) is 0 Å². The normalized spacial score (nSPS) is 15.6. The van der Waals surface area contributed by atoms with E-state index < -0.39 is 0 Å². The number of rotatable bonds is 2. The molecular formula is C14H16N2O3S.